The summed E-state index contributed by atoms with van der Waals surface area (Å²) in [6, 6.07) is 0. The molecule has 0 aromatic rings. The van der Waals surface area contributed by atoms with Crippen LogP contribution in [0.5, 0.6) is 0 Å². The van der Waals surface area contributed by atoms with Gasteiger partial charge in [0.1, 0.15) is 6.61 Å². The number of rotatable bonds is 43. The number of ether oxygens (including phenoxy) is 2. The molecule has 0 fully saturated rings. The molecule has 2 unspecified atom stereocenters. The molecule has 2 atom stereocenters. The number of hydrogen-bond donors (Lipinski definition) is 2. The summed E-state index contributed by atoms with van der Waals surface area (Å²) in [7, 11) is -2.69. The number of nitrogens with one attached hydrogen (secondary N) is 1. The van der Waals surface area contributed by atoms with E-state index in [1.807, 2.05) is 12.2 Å². The molecule has 0 aliphatic carbocycles. The molecule has 9 nitrogen and oxygen atoms in total. The van der Waals surface area contributed by atoms with Crippen LogP contribution in [0.1, 0.15) is 181 Å². The molecule has 0 heterocycles. The predicted molar refractivity (Wildman–Crippen MR) is 252 cm³/mol. The Hall–Kier alpha value is -2.81. The fourth-order valence-electron chi connectivity index (χ4n) is 5.92. The molecule has 0 rings (SSSR count). The van der Waals surface area contributed by atoms with Crippen LogP contribution >= 0.6 is 7.82 Å². The molecule has 2 N–H and O–H groups in total. The van der Waals surface area contributed by atoms with Crippen molar-refractivity contribution < 1.29 is 37.6 Å². The van der Waals surface area contributed by atoms with Gasteiger partial charge in [-0.1, -0.05) is 170 Å². The molecular weight excluding hydrogens is 774 g/mol. The van der Waals surface area contributed by atoms with Crippen molar-refractivity contribution in [2.24, 2.45) is 0 Å². The molecule has 0 radical (unpaired) electrons. The maximum atomic E-state index is 12.6. The third-order valence-corrected chi connectivity index (χ3v) is 10.5. The molecule has 0 aliphatic rings. The van der Waals surface area contributed by atoms with E-state index in [9.17, 15) is 19.0 Å². The molecule has 60 heavy (non-hydrogen) atoms. The first kappa shape index (κ1) is 57.2. The van der Waals surface area contributed by atoms with Gasteiger partial charge in [0.2, 0.25) is 0 Å². The second-order valence-corrected chi connectivity index (χ2v) is 16.7. The zero-order chi connectivity index (χ0) is 43.9. The van der Waals surface area contributed by atoms with Crippen molar-refractivity contribution in [3.8, 4) is 0 Å². The monoisotopic (exact) mass is 860 g/mol. The van der Waals surface area contributed by atoms with Gasteiger partial charge in [-0.25, -0.2) is 4.57 Å². The van der Waals surface area contributed by atoms with Crippen LogP contribution in [0.25, 0.3) is 0 Å². The predicted octanol–water partition coefficient (Wildman–Crippen LogP) is 13.9. The second-order valence-electron chi connectivity index (χ2n) is 15.2. The molecular formula is C50H86NO8P. The minimum atomic E-state index is -4.38. The van der Waals surface area contributed by atoms with Crippen LogP contribution in [0.2, 0.25) is 0 Å². The number of phosphoric acid groups is 1. The number of allylic oxidation sites excluding steroid dienone is 14. The molecule has 10 heteroatoms. The van der Waals surface area contributed by atoms with Gasteiger partial charge in [-0.3, -0.25) is 18.6 Å². The number of unbranched alkanes of at least 4 members (excludes halogenated alkanes) is 15. The fraction of sp³-hybridized carbons (Fsp3) is 0.680. The van der Waals surface area contributed by atoms with Crippen molar-refractivity contribution >= 4 is 19.8 Å². The maximum Gasteiger partial charge on any atom is 0.472 e. The van der Waals surface area contributed by atoms with Crippen molar-refractivity contribution in [1.82, 2.24) is 5.32 Å². The summed E-state index contributed by atoms with van der Waals surface area (Å²) in [4.78, 5) is 35.1. The van der Waals surface area contributed by atoms with Crippen LogP contribution in [0.4, 0.5) is 0 Å². The summed E-state index contributed by atoms with van der Waals surface area (Å²) in [6.45, 7) is 4.08. The van der Waals surface area contributed by atoms with Crippen LogP contribution in [0, 0.1) is 0 Å². The topological polar surface area (TPSA) is 120 Å². The van der Waals surface area contributed by atoms with E-state index in [-0.39, 0.29) is 26.1 Å². The lowest BCUT2D eigenvalue weighted by molar-refractivity contribution is -0.161. The third-order valence-electron chi connectivity index (χ3n) is 9.50. The Kier molecular flexibility index (Phi) is 43.6. The van der Waals surface area contributed by atoms with Crippen molar-refractivity contribution in [2.45, 2.75) is 187 Å². The van der Waals surface area contributed by atoms with E-state index >= 15 is 0 Å². The van der Waals surface area contributed by atoms with Gasteiger partial charge in [-0.05, 0) is 90.5 Å². The summed E-state index contributed by atoms with van der Waals surface area (Å²) < 4.78 is 33.2. The second kappa shape index (κ2) is 45.7. The Balaban J connectivity index is 4.31. The maximum absolute atomic E-state index is 12.6. The summed E-state index contributed by atoms with van der Waals surface area (Å²) in [5.74, 6) is -0.912. The summed E-state index contributed by atoms with van der Waals surface area (Å²) >= 11 is 0. The molecule has 0 saturated heterocycles. The van der Waals surface area contributed by atoms with E-state index in [0.29, 0.717) is 13.0 Å². The molecule has 0 aliphatic heterocycles. The molecule has 0 aromatic carbocycles. The number of esters is 2. The first-order chi connectivity index (χ1) is 29.3. The van der Waals surface area contributed by atoms with Crippen molar-refractivity contribution in [3.05, 3.63) is 85.1 Å². The Bertz CT molecular complexity index is 1250. The number of likely N-dealkylation sites (N-methyl/N-ethyl adjacent to an activating group) is 1. The molecule has 0 bridgehead atoms. The zero-order valence-electron chi connectivity index (χ0n) is 38.1. The van der Waals surface area contributed by atoms with E-state index in [1.165, 1.54) is 83.5 Å². The number of phosphoric ester groups is 1. The summed E-state index contributed by atoms with van der Waals surface area (Å²) in [5, 5.41) is 2.82. The highest BCUT2D eigenvalue weighted by Gasteiger charge is 2.26. The van der Waals surface area contributed by atoms with Crippen molar-refractivity contribution in [1.29, 1.82) is 0 Å². The van der Waals surface area contributed by atoms with Gasteiger partial charge in [0.15, 0.2) is 6.10 Å². The highest BCUT2D eigenvalue weighted by atomic mass is 31.2. The van der Waals surface area contributed by atoms with Crippen LogP contribution in [0.3, 0.4) is 0 Å². The standard InChI is InChI=1S/C50H86NO8P/c1-4-6-8-10-12-14-16-18-20-22-24-26-28-30-32-34-36-38-40-42-49(52)56-46-48(47-58-60(54,55)57-45-44-51-3)59-50(53)43-41-39-37-35-33-31-29-27-25-23-21-19-17-15-13-11-9-7-5-2/h12-15,18-21,25,27,31,33,37,39,48,51H,4-11,16-17,22-24,26,28-30,32,34-36,38,40-47H2,1-3H3,(H,54,55)/b14-12-,15-13-,20-18-,21-19-,27-25-,33-31-,39-37-. The van der Waals surface area contributed by atoms with Gasteiger partial charge >= 0.3 is 19.8 Å². The van der Waals surface area contributed by atoms with E-state index in [2.05, 4.69) is 92.1 Å². The van der Waals surface area contributed by atoms with E-state index in [1.54, 1.807) is 7.05 Å². The van der Waals surface area contributed by atoms with E-state index in [4.69, 9.17) is 18.5 Å². The third kappa shape index (κ3) is 44.7. The SMILES string of the molecule is CCCCC/C=C\C/C=C\C/C=C\C/C=C\C/C=C\CCC(=O)OC(COC(=O)CCCCCCCCCCC/C=C\C/C=C\CCCCC)COP(=O)(O)OCCNC. The fourth-order valence-corrected chi connectivity index (χ4v) is 6.67. The largest absolute Gasteiger partial charge is 0.472 e. The van der Waals surface area contributed by atoms with Gasteiger partial charge < -0.3 is 19.7 Å². The summed E-state index contributed by atoms with van der Waals surface area (Å²) in [6.07, 6.45) is 56.4. The molecule has 0 saturated carbocycles. The van der Waals surface area contributed by atoms with E-state index in [0.717, 1.165) is 64.2 Å². The highest BCUT2D eigenvalue weighted by molar-refractivity contribution is 7.47. The Morgan fingerprint density at radius 2 is 0.933 bits per heavy atom. The van der Waals surface area contributed by atoms with Crippen LogP contribution in [-0.2, 0) is 32.7 Å². The highest BCUT2D eigenvalue weighted by Crippen LogP contribution is 2.43. The van der Waals surface area contributed by atoms with Gasteiger partial charge in [0.25, 0.3) is 0 Å². The van der Waals surface area contributed by atoms with Crippen LogP contribution < -0.4 is 5.32 Å². The van der Waals surface area contributed by atoms with Crippen LogP contribution in [-0.4, -0.2) is 56.3 Å². The average Bonchev–Trinajstić information content (AvgIpc) is 3.23. The van der Waals surface area contributed by atoms with Crippen molar-refractivity contribution in [3.63, 3.8) is 0 Å². The lowest BCUT2D eigenvalue weighted by Gasteiger charge is -2.19. The molecule has 344 valence electrons. The smallest absolute Gasteiger partial charge is 0.462 e. The van der Waals surface area contributed by atoms with Gasteiger partial charge in [0.05, 0.1) is 13.2 Å². The Morgan fingerprint density at radius 1 is 0.517 bits per heavy atom. The zero-order valence-corrected chi connectivity index (χ0v) is 39.0. The Labute approximate surface area is 366 Å². The van der Waals surface area contributed by atoms with Gasteiger partial charge in [-0.15, -0.1) is 0 Å². The minimum absolute atomic E-state index is 0.0350. The number of hydrogen-bond acceptors (Lipinski definition) is 8. The first-order valence-corrected chi connectivity index (χ1v) is 25.0. The van der Waals surface area contributed by atoms with Gasteiger partial charge in [-0.2, -0.15) is 0 Å². The molecule has 0 amide bonds. The summed E-state index contributed by atoms with van der Waals surface area (Å²) in [5.41, 5.74) is 0. The Morgan fingerprint density at radius 3 is 1.40 bits per heavy atom. The average molecular weight is 860 g/mol. The van der Waals surface area contributed by atoms with E-state index < -0.39 is 32.5 Å². The lowest BCUT2D eigenvalue weighted by atomic mass is 10.1. The normalized spacial score (nSPS) is 14.0. The lowest BCUT2D eigenvalue weighted by Crippen LogP contribution is -2.29. The molecule has 0 spiro atoms. The van der Waals surface area contributed by atoms with Gasteiger partial charge in [0, 0.05) is 19.4 Å². The number of carbonyl (C=O) groups is 2. The van der Waals surface area contributed by atoms with Crippen molar-refractivity contribution in [2.75, 3.05) is 33.4 Å². The van der Waals surface area contributed by atoms with Crippen LogP contribution in [0.15, 0.2) is 85.1 Å². The number of carbonyl (C=O) groups excluding carboxylic acids is 2. The first-order valence-electron chi connectivity index (χ1n) is 23.5. The quantitative estimate of drug-likeness (QED) is 0.0267. The molecule has 0 aromatic heterocycles. The minimum Gasteiger partial charge on any atom is -0.462 e.